The molecular weight excluding hydrogens is 252 g/mol. The summed E-state index contributed by atoms with van der Waals surface area (Å²) in [4.78, 5) is 12.0. The van der Waals surface area contributed by atoms with Gasteiger partial charge in [-0.2, -0.15) is 0 Å². The number of carbonyl (C=O) groups excluding carboxylic acids is 1. The molecule has 1 unspecified atom stereocenters. The first-order valence-corrected chi connectivity index (χ1v) is 7.37. The maximum Gasteiger partial charge on any atom is 0.333 e. The second-order valence-corrected chi connectivity index (χ2v) is 7.08. The molecule has 20 heavy (non-hydrogen) atoms. The first-order valence-electron chi connectivity index (χ1n) is 7.37. The van der Waals surface area contributed by atoms with Crippen LogP contribution in [0.5, 0.6) is 0 Å². The number of hydrogen-bond donors (Lipinski definition) is 1. The molecule has 1 fully saturated rings. The van der Waals surface area contributed by atoms with Crippen molar-refractivity contribution in [3.63, 3.8) is 0 Å². The van der Waals surface area contributed by atoms with Gasteiger partial charge in [0, 0.05) is 16.4 Å². The number of ether oxygens (including phenoxy) is 1. The van der Waals surface area contributed by atoms with Gasteiger partial charge in [-0.1, -0.05) is 31.6 Å². The van der Waals surface area contributed by atoms with E-state index >= 15 is 0 Å². The number of rotatable bonds is 3. The van der Waals surface area contributed by atoms with Gasteiger partial charge in [0.15, 0.2) is 0 Å². The van der Waals surface area contributed by atoms with Crippen LogP contribution in [0, 0.1) is 16.7 Å². The molecule has 3 aliphatic carbocycles. The van der Waals surface area contributed by atoms with Gasteiger partial charge >= 0.3 is 5.97 Å². The summed E-state index contributed by atoms with van der Waals surface area (Å²) >= 11 is 0. The highest BCUT2D eigenvalue weighted by Gasteiger charge is 2.57. The molecule has 4 atom stereocenters. The van der Waals surface area contributed by atoms with Crippen LogP contribution in [0.3, 0.4) is 0 Å². The third-order valence-corrected chi connectivity index (χ3v) is 5.25. The van der Waals surface area contributed by atoms with Gasteiger partial charge in [0.25, 0.3) is 0 Å². The molecule has 0 aliphatic heterocycles. The Morgan fingerprint density at radius 2 is 2.15 bits per heavy atom. The van der Waals surface area contributed by atoms with Gasteiger partial charge in [-0.15, -0.1) is 0 Å². The van der Waals surface area contributed by atoms with Crippen molar-refractivity contribution >= 4 is 5.97 Å². The number of fused-ring (bicyclic) bond motifs is 2. The summed E-state index contributed by atoms with van der Waals surface area (Å²) in [5.74, 6) is -0.154. The fraction of sp³-hybridized carbons (Fsp3) is 0.706. The van der Waals surface area contributed by atoms with E-state index in [0.717, 1.165) is 24.8 Å². The third kappa shape index (κ3) is 2.22. The molecule has 0 spiro atoms. The van der Waals surface area contributed by atoms with E-state index in [9.17, 15) is 9.90 Å². The Hall–Kier alpha value is -1.09. The van der Waals surface area contributed by atoms with Gasteiger partial charge in [-0.05, 0) is 39.0 Å². The van der Waals surface area contributed by atoms with E-state index in [0.29, 0.717) is 0 Å². The maximum atomic E-state index is 12.0. The van der Waals surface area contributed by atoms with Crippen LogP contribution in [0.15, 0.2) is 23.3 Å². The normalized spacial score (nSPS) is 39.2. The molecule has 0 saturated heterocycles. The fourth-order valence-corrected chi connectivity index (χ4v) is 3.98. The molecule has 3 rings (SSSR count). The first kappa shape index (κ1) is 15.3. The molecule has 2 bridgehead atoms. The fourth-order valence-electron chi connectivity index (χ4n) is 3.98. The van der Waals surface area contributed by atoms with Gasteiger partial charge in [0.1, 0.15) is 0 Å². The molecule has 1 N–H and O–H groups in total. The van der Waals surface area contributed by atoms with Gasteiger partial charge in [-0.25, -0.2) is 4.79 Å². The number of aliphatic hydroxyl groups is 1. The minimum atomic E-state index is -0.419. The number of hydrogen-bond acceptors (Lipinski definition) is 3. The summed E-state index contributed by atoms with van der Waals surface area (Å²) in [6, 6.07) is 0. The maximum absolute atomic E-state index is 12.0. The topological polar surface area (TPSA) is 46.5 Å². The van der Waals surface area contributed by atoms with Crippen LogP contribution >= 0.6 is 0 Å². The molecular formula is C17H26O3. The summed E-state index contributed by atoms with van der Waals surface area (Å²) in [5, 5.41) is 10.8. The minimum absolute atomic E-state index is 0.0855. The smallest absolute Gasteiger partial charge is 0.333 e. The van der Waals surface area contributed by atoms with Gasteiger partial charge < -0.3 is 9.84 Å². The Morgan fingerprint density at radius 3 is 2.70 bits per heavy atom. The zero-order valence-corrected chi connectivity index (χ0v) is 13.2. The van der Waals surface area contributed by atoms with Crippen molar-refractivity contribution in [3.8, 4) is 0 Å². The Kier molecular flexibility index (Phi) is 3.85. The highest BCUT2D eigenvalue weighted by atomic mass is 16.5. The lowest BCUT2D eigenvalue weighted by molar-refractivity contribution is -0.144. The quantitative estimate of drug-likeness (QED) is 0.637. The van der Waals surface area contributed by atoms with E-state index in [4.69, 9.17) is 4.74 Å². The van der Waals surface area contributed by atoms with E-state index < -0.39 is 6.10 Å². The molecule has 0 heterocycles. The van der Waals surface area contributed by atoms with Crippen molar-refractivity contribution in [2.75, 3.05) is 7.11 Å². The van der Waals surface area contributed by atoms with Crippen LogP contribution in [0.1, 0.15) is 47.0 Å². The van der Waals surface area contributed by atoms with Crippen molar-refractivity contribution in [1.82, 2.24) is 0 Å². The average molecular weight is 278 g/mol. The van der Waals surface area contributed by atoms with Gasteiger partial charge in [0.2, 0.25) is 0 Å². The number of esters is 1. The molecule has 112 valence electrons. The molecule has 3 nitrogen and oxygen atoms in total. The molecule has 0 amide bonds. The predicted octanol–water partition coefficient (Wildman–Crippen LogP) is 3.24. The van der Waals surface area contributed by atoms with Crippen molar-refractivity contribution in [2.24, 2.45) is 16.7 Å². The summed E-state index contributed by atoms with van der Waals surface area (Å²) in [7, 11) is 1.43. The lowest BCUT2D eigenvalue weighted by Crippen LogP contribution is -2.56. The van der Waals surface area contributed by atoms with E-state index in [2.05, 4.69) is 33.8 Å². The molecule has 0 aromatic heterocycles. The Bertz CT molecular complexity index is 473. The largest absolute Gasteiger partial charge is 0.466 e. The highest BCUT2D eigenvalue weighted by Crippen LogP contribution is 2.59. The Balaban J connectivity index is 2.44. The number of aliphatic hydroxyl groups excluding tert-OH is 1. The monoisotopic (exact) mass is 278 g/mol. The molecule has 1 saturated carbocycles. The van der Waals surface area contributed by atoms with Crippen LogP contribution < -0.4 is 0 Å². The summed E-state index contributed by atoms with van der Waals surface area (Å²) in [6.07, 6.45) is 6.39. The third-order valence-electron chi connectivity index (χ3n) is 5.25. The minimum Gasteiger partial charge on any atom is -0.466 e. The van der Waals surface area contributed by atoms with Crippen LogP contribution in [0.2, 0.25) is 0 Å². The van der Waals surface area contributed by atoms with Crippen molar-refractivity contribution in [3.05, 3.63) is 23.3 Å². The number of methoxy groups -OCH3 is 1. The van der Waals surface area contributed by atoms with E-state index in [1.165, 1.54) is 12.7 Å². The van der Waals surface area contributed by atoms with Gasteiger partial charge in [-0.3, -0.25) is 0 Å². The molecule has 0 radical (unpaired) electrons. The molecule has 3 aliphatic rings. The second-order valence-electron chi connectivity index (χ2n) is 7.08. The predicted molar refractivity (Wildman–Crippen MR) is 79.1 cm³/mol. The van der Waals surface area contributed by atoms with Crippen molar-refractivity contribution in [1.29, 1.82) is 0 Å². The van der Waals surface area contributed by atoms with Gasteiger partial charge in [0.05, 0.1) is 13.2 Å². The summed E-state index contributed by atoms with van der Waals surface area (Å²) in [6.45, 7) is 8.29. The second kappa shape index (κ2) is 5.03. The van der Waals surface area contributed by atoms with Crippen LogP contribution in [-0.4, -0.2) is 24.3 Å². The van der Waals surface area contributed by atoms with E-state index in [1.54, 1.807) is 0 Å². The molecule has 0 aromatic carbocycles. The van der Waals surface area contributed by atoms with Crippen LogP contribution in [-0.2, 0) is 9.53 Å². The molecule has 0 aromatic rings. The van der Waals surface area contributed by atoms with Crippen molar-refractivity contribution < 1.29 is 14.6 Å². The molecule has 3 heteroatoms. The summed E-state index contributed by atoms with van der Waals surface area (Å²) < 4.78 is 4.94. The average Bonchev–Trinajstić information content (AvgIpc) is 2.41. The number of carbonyl (C=O) groups is 1. The standard InChI is InChI=1S/C17H26O3/c1-11(2)6-9-17(4)13-7-8-16(3,15(17)19)10-12(13)14(18)20-5/h6,10,13,15,19H,7-9H2,1-5H3/t13-,15?,16+,17+/m0/s1. The highest BCUT2D eigenvalue weighted by molar-refractivity contribution is 5.90. The summed E-state index contributed by atoms with van der Waals surface area (Å²) in [5.41, 5.74) is 1.40. The first-order chi connectivity index (χ1) is 9.24. The zero-order valence-electron chi connectivity index (χ0n) is 13.2. The Morgan fingerprint density at radius 1 is 1.50 bits per heavy atom. The zero-order chi connectivity index (χ0) is 15.1. The SMILES string of the molecule is COC(=O)C1=C[C@@]2(C)CC[C@@H]1[C@@](C)(CC=C(C)C)C2O. The van der Waals surface area contributed by atoms with E-state index in [1.807, 2.05) is 6.08 Å². The van der Waals surface area contributed by atoms with Crippen LogP contribution in [0.4, 0.5) is 0 Å². The lowest BCUT2D eigenvalue weighted by atomic mass is 9.49. The Labute approximate surface area is 121 Å². The lowest BCUT2D eigenvalue weighted by Gasteiger charge is -2.57. The van der Waals surface area contributed by atoms with Crippen LogP contribution in [0.25, 0.3) is 0 Å². The van der Waals surface area contributed by atoms with Crippen molar-refractivity contribution in [2.45, 2.75) is 53.1 Å². The van der Waals surface area contributed by atoms with E-state index in [-0.39, 0.29) is 22.7 Å². The number of allylic oxidation sites excluding steroid dienone is 2.